The van der Waals surface area contributed by atoms with Gasteiger partial charge in [-0.1, -0.05) is 24.3 Å². The molecule has 0 saturated heterocycles. The number of likely N-dealkylation sites (N-methyl/N-ethyl adjacent to an activating group) is 1. The molecular weight excluding hydrogens is 430 g/mol. The van der Waals surface area contributed by atoms with Crippen molar-refractivity contribution >= 4 is 17.7 Å². The third-order valence-electron chi connectivity index (χ3n) is 7.49. The maximum absolute atomic E-state index is 12.3. The van der Waals surface area contributed by atoms with E-state index in [2.05, 4.69) is 30.3 Å². The topological polar surface area (TPSA) is 83.0 Å². The molecule has 0 unspecified atom stereocenters. The van der Waals surface area contributed by atoms with Crippen LogP contribution in [0.1, 0.15) is 64.0 Å². The maximum atomic E-state index is 12.3. The lowest BCUT2D eigenvalue weighted by Crippen LogP contribution is -2.60. The fourth-order valence-electron chi connectivity index (χ4n) is 5.48. The van der Waals surface area contributed by atoms with Crippen molar-refractivity contribution in [3.63, 3.8) is 0 Å². The highest BCUT2D eigenvalue weighted by Crippen LogP contribution is 2.50. The molecule has 2 aliphatic carbocycles. The van der Waals surface area contributed by atoms with Crippen LogP contribution < -0.4 is 9.64 Å². The molecule has 1 aromatic carbocycles. The molecule has 3 aliphatic rings. The van der Waals surface area contributed by atoms with Crippen molar-refractivity contribution in [2.45, 2.75) is 70.4 Å². The summed E-state index contributed by atoms with van der Waals surface area (Å²) < 4.78 is 5.67. The molecule has 2 saturated carbocycles. The smallest absolute Gasteiger partial charge is 0.408 e. The number of hydrogen-bond acceptors (Lipinski definition) is 4. The van der Waals surface area contributed by atoms with Crippen LogP contribution in [0.2, 0.25) is 0 Å². The Labute approximate surface area is 200 Å². The van der Waals surface area contributed by atoms with Crippen LogP contribution in [0.3, 0.4) is 0 Å². The van der Waals surface area contributed by atoms with Crippen molar-refractivity contribution < 1.29 is 19.4 Å². The Bertz CT molecular complexity index is 1130. The molecule has 1 N–H and O–H groups in total. The zero-order chi connectivity index (χ0) is 24.3. The molecule has 34 heavy (non-hydrogen) atoms. The zero-order valence-corrected chi connectivity index (χ0v) is 20.4. The van der Waals surface area contributed by atoms with Crippen LogP contribution in [0.25, 0.3) is 11.3 Å². The van der Waals surface area contributed by atoms with E-state index in [1.165, 1.54) is 12.8 Å². The molecule has 2 aromatic rings. The molecule has 7 heteroatoms. The SMILES string of the molecule is CN1C(=O)COc2nc(-c3ccc(C4(N(C(=O)O)C(C)(C)C)CCC4)cc3)c(CC3CC3)cc21. The third-order valence-corrected chi connectivity index (χ3v) is 7.49. The van der Waals surface area contributed by atoms with E-state index in [-0.39, 0.29) is 12.5 Å². The molecule has 0 spiro atoms. The van der Waals surface area contributed by atoms with Crippen molar-refractivity contribution in [3.8, 4) is 17.1 Å². The van der Waals surface area contributed by atoms with E-state index in [9.17, 15) is 14.7 Å². The van der Waals surface area contributed by atoms with Gasteiger partial charge in [0.1, 0.15) is 5.69 Å². The highest BCUT2D eigenvalue weighted by atomic mass is 16.5. The first-order valence-corrected chi connectivity index (χ1v) is 12.2. The van der Waals surface area contributed by atoms with E-state index in [1.807, 2.05) is 20.8 Å². The van der Waals surface area contributed by atoms with Crippen molar-refractivity contribution in [2.24, 2.45) is 5.92 Å². The first-order valence-electron chi connectivity index (χ1n) is 12.2. The third kappa shape index (κ3) is 3.81. The van der Waals surface area contributed by atoms with Gasteiger partial charge >= 0.3 is 6.09 Å². The minimum absolute atomic E-state index is 0.00278. The Kier molecular flexibility index (Phi) is 5.34. The number of aromatic nitrogens is 1. The lowest BCUT2D eigenvalue weighted by atomic mass is 9.69. The minimum Gasteiger partial charge on any atom is -0.466 e. The summed E-state index contributed by atoms with van der Waals surface area (Å²) in [7, 11) is 1.77. The summed E-state index contributed by atoms with van der Waals surface area (Å²) >= 11 is 0. The zero-order valence-electron chi connectivity index (χ0n) is 20.4. The Morgan fingerprint density at radius 1 is 1.24 bits per heavy atom. The lowest BCUT2D eigenvalue weighted by molar-refractivity contribution is -0.121. The summed E-state index contributed by atoms with van der Waals surface area (Å²) in [5.41, 5.74) is 3.76. The summed E-state index contributed by atoms with van der Waals surface area (Å²) in [5.74, 6) is 1.08. The first-order chi connectivity index (χ1) is 16.1. The molecule has 7 nitrogen and oxygen atoms in total. The number of pyridine rings is 1. The van der Waals surface area contributed by atoms with E-state index in [1.54, 1.807) is 16.8 Å². The second-order valence-electron chi connectivity index (χ2n) is 11.0. The standard InChI is InChI=1S/C27H33N3O4/c1-26(2,3)30(25(32)33)27(12-5-13-27)20-10-8-18(9-11-20)23-19(14-17-6-7-17)15-21-24(28-23)34-16-22(31)29(21)4/h8-11,15,17H,5-7,12-14,16H2,1-4H3,(H,32,33). The van der Waals surface area contributed by atoms with Gasteiger partial charge in [-0.2, -0.15) is 0 Å². The number of nitrogens with zero attached hydrogens (tertiary/aromatic N) is 3. The first kappa shape index (κ1) is 22.7. The van der Waals surface area contributed by atoms with Gasteiger partial charge in [0, 0.05) is 18.2 Å². The molecule has 2 amide bonds. The van der Waals surface area contributed by atoms with Crippen molar-refractivity contribution in [1.29, 1.82) is 0 Å². The van der Waals surface area contributed by atoms with Crippen molar-refractivity contribution in [1.82, 2.24) is 9.88 Å². The fourth-order valence-corrected chi connectivity index (χ4v) is 5.48. The number of carbonyl (C=O) groups excluding carboxylic acids is 1. The van der Waals surface area contributed by atoms with Gasteiger partial charge in [-0.05, 0) is 82.4 Å². The highest BCUT2D eigenvalue weighted by Gasteiger charge is 2.50. The lowest BCUT2D eigenvalue weighted by Gasteiger charge is -2.54. The van der Waals surface area contributed by atoms with E-state index in [4.69, 9.17) is 9.72 Å². The number of amides is 2. The minimum atomic E-state index is -0.879. The molecule has 1 aliphatic heterocycles. The Balaban J connectivity index is 1.53. The molecule has 1 aromatic heterocycles. The number of benzene rings is 1. The second kappa shape index (κ2) is 8.00. The second-order valence-corrected chi connectivity index (χ2v) is 11.0. The van der Waals surface area contributed by atoms with E-state index >= 15 is 0 Å². The van der Waals surface area contributed by atoms with Gasteiger partial charge in [0.15, 0.2) is 6.61 Å². The Hall–Kier alpha value is -3.09. The molecule has 0 radical (unpaired) electrons. The molecule has 180 valence electrons. The molecular formula is C27H33N3O4. The van der Waals surface area contributed by atoms with E-state index in [0.29, 0.717) is 11.8 Å². The van der Waals surface area contributed by atoms with Gasteiger partial charge in [-0.25, -0.2) is 9.78 Å². The van der Waals surface area contributed by atoms with Gasteiger partial charge in [-0.3, -0.25) is 9.69 Å². The number of anilines is 1. The van der Waals surface area contributed by atoms with Gasteiger partial charge in [0.2, 0.25) is 5.88 Å². The maximum Gasteiger partial charge on any atom is 0.408 e. The van der Waals surface area contributed by atoms with Crippen LogP contribution in [0.5, 0.6) is 5.88 Å². The number of carbonyl (C=O) groups is 2. The normalized spacial score (nSPS) is 19.2. The molecule has 2 fully saturated rings. The molecule has 5 rings (SSSR count). The molecule has 2 heterocycles. The number of ether oxygens (including phenoxy) is 1. The summed E-state index contributed by atoms with van der Waals surface area (Å²) in [5, 5.41) is 10.1. The van der Waals surface area contributed by atoms with Gasteiger partial charge in [0.25, 0.3) is 5.91 Å². The summed E-state index contributed by atoms with van der Waals surface area (Å²) in [4.78, 5) is 32.5. The number of carboxylic acid groups (broad SMARTS) is 1. The summed E-state index contributed by atoms with van der Waals surface area (Å²) in [6.07, 6.45) is 5.17. The largest absolute Gasteiger partial charge is 0.466 e. The van der Waals surface area contributed by atoms with Crippen LogP contribution in [0.4, 0.5) is 10.5 Å². The fraction of sp³-hybridized carbons (Fsp3) is 0.519. The predicted molar refractivity (Wildman–Crippen MR) is 130 cm³/mol. The van der Waals surface area contributed by atoms with Crippen LogP contribution in [0, 0.1) is 5.92 Å². The number of rotatable bonds is 5. The van der Waals surface area contributed by atoms with Gasteiger partial charge < -0.3 is 14.7 Å². The Morgan fingerprint density at radius 2 is 1.91 bits per heavy atom. The number of hydrogen-bond donors (Lipinski definition) is 1. The Morgan fingerprint density at radius 3 is 2.44 bits per heavy atom. The van der Waals surface area contributed by atoms with Gasteiger partial charge in [0.05, 0.1) is 11.2 Å². The average molecular weight is 464 g/mol. The van der Waals surface area contributed by atoms with Crippen molar-refractivity contribution in [3.05, 3.63) is 41.5 Å². The highest BCUT2D eigenvalue weighted by molar-refractivity contribution is 5.97. The number of fused-ring (bicyclic) bond motifs is 1. The van der Waals surface area contributed by atoms with Gasteiger partial charge in [-0.15, -0.1) is 0 Å². The molecule has 0 atom stereocenters. The van der Waals surface area contributed by atoms with Crippen LogP contribution >= 0.6 is 0 Å². The van der Waals surface area contributed by atoms with Crippen LogP contribution in [-0.4, -0.2) is 46.2 Å². The van der Waals surface area contributed by atoms with E-state index < -0.39 is 17.2 Å². The summed E-state index contributed by atoms with van der Waals surface area (Å²) in [6.45, 7) is 5.87. The van der Waals surface area contributed by atoms with E-state index in [0.717, 1.165) is 53.8 Å². The van der Waals surface area contributed by atoms with Crippen LogP contribution in [0.15, 0.2) is 30.3 Å². The quantitative estimate of drug-likeness (QED) is 0.658. The average Bonchev–Trinajstić information content (AvgIpc) is 3.56. The van der Waals surface area contributed by atoms with Crippen LogP contribution in [-0.2, 0) is 16.8 Å². The van der Waals surface area contributed by atoms with Crippen molar-refractivity contribution in [2.75, 3.05) is 18.6 Å². The molecule has 0 bridgehead atoms. The summed E-state index contributed by atoms with van der Waals surface area (Å²) in [6, 6.07) is 10.3. The predicted octanol–water partition coefficient (Wildman–Crippen LogP) is 5.21. The monoisotopic (exact) mass is 463 g/mol.